The number of methoxy groups -OCH3 is 1. The van der Waals surface area contributed by atoms with E-state index in [-0.39, 0.29) is 11.8 Å². The Hall–Kier alpha value is -3.57. The Kier molecular flexibility index (Phi) is 7.80. The topological polar surface area (TPSA) is 101 Å². The van der Waals surface area contributed by atoms with Crippen LogP contribution in [0.3, 0.4) is 0 Å². The lowest BCUT2D eigenvalue weighted by Gasteiger charge is -2.18. The van der Waals surface area contributed by atoms with Gasteiger partial charge in [0.1, 0.15) is 11.6 Å². The number of ether oxygens (including phenoxy) is 1. The van der Waals surface area contributed by atoms with E-state index in [0.29, 0.717) is 28.7 Å². The second-order valence-electron chi connectivity index (χ2n) is 8.20. The van der Waals surface area contributed by atoms with Crippen molar-refractivity contribution in [2.45, 2.75) is 25.6 Å². The summed E-state index contributed by atoms with van der Waals surface area (Å²) in [6.07, 6.45) is -2.43. The summed E-state index contributed by atoms with van der Waals surface area (Å²) < 4.78 is 46.1. The van der Waals surface area contributed by atoms with Gasteiger partial charge in [-0.1, -0.05) is 11.6 Å². The van der Waals surface area contributed by atoms with Gasteiger partial charge in [-0.25, -0.2) is 4.98 Å². The number of aliphatic imine (C=N–C) groups is 1. The smallest absolute Gasteiger partial charge is 0.433 e. The fourth-order valence-corrected chi connectivity index (χ4v) is 3.95. The summed E-state index contributed by atoms with van der Waals surface area (Å²) in [6, 6.07) is 12.7. The van der Waals surface area contributed by atoms with E-state index in [2.05, 4.69) is 30.5 Å². The molecule has 2 heterocycles. The number of hydrogen-bond donors (Lipinski definition) is 3. The van der Waals surface area contributed by atoms with Crippen molar-refractivity contribution in [3.8, 4) is 5.75 Å². The predicted molar refractivity (Wildman–Crippen MR) is 134 cm³/mol. The molecule has 1 fully saturated rings. The van der Waals surface area contributed by atoms with Crippen LogP contribution in [0, 0.1) is 0 Å². The lowest BCUT2D eigenvalue weighted by atomic mass is 10.1. The van der Waals surface area contributed by atoms with Gasteiger partial charge in [-0.2, -0.15) is 23.1 Å². The van der Waals surface area contributed by atoms with Gasteiger partial charge in [0.25, 0.3) is 5.95 Å². The maximum Gasteiger partial charge on any atom is 0.433 e. The first-order valence-electron chi connectivity index (χ1n) is 11.2. The van der Waals surface area contributed by atoms with Gasteiger partial charge in [0, 0.05) is 34.6 Å². The molecule has 0 amide bonds. The molecule has 0 radical (unpaired) electrons. The molecular formula is C24H25ClF3N7O. The highest BCUT2D eigenvalue weighted by Gasteiger charge is 2.34. The number of nitrogens with zero attached hydrogens (tertiary/aromatic N) is 4. The van der Waals surface area contributed by atoms with Crippen LogP contribution in [0.1, 0.15) is 24.1 Å². The predicted octanol–water partition coefficient (Wildman–Crippen LogP) is 5.56. The van der Waals surface area contributed by atoms with E-state index in [9.17, 15) is 13.2 Å². The SMILES string of the molecule is COc1ccc(Nc2cc(C(F)(F)F)nc(/N=C(\N)Nc3ccc(Cl)cc3)n2)cc1CN1CCCC1. The summed E-state index contributed by atoms with van der Waals surface area (Å²) in [4.78, 5) is 13.9. The van der Waals surface area contributed by atoms with Gasteiger partial charge >= 0.3 is 6.18 Å². The molecule has 2 aromatic carbocycles. The van der Waals surface area contributed by atoms with Crippen molar-refractivity contribution in [2.75, 3.05) is 30.8 Å². The minimum absolute atomic E-state index is 0.0762. The van der Waals surface area contributed by atoms with E-state index < -0.39 is 17.8 Å². The van der Waals surface area contributed by atoms with E-state index in [0.717, 1.165) is 37.6 Å². The number of halogens is 4. The summed E-state index contributed by atoms with van der Waals surface area (Å²) in [6.45, 7) is 2.67. The van der Waals surface area contributed by atoms with Crippen LogP contribution in [0.15, 0.2) is 53.5 Å². The Balaban J connectivity index is 1.60. The minimum Gasteiger partial charge on any atom is -0.496 e. The second kappa shape index (κ2) is 11.0. The zero-order valence-electron chi connectivity index (χ0n) is 19.4. The molecule has 8 nitrogen and oxygen atoms in total. The first-order valence-corrected chi connectivity index (χ1v) is 11.6. The molecule has 1 saturated heterocycles. The highest BCUT2D eigenvalue weighted by molar-refractivity contribution is 6.30. The molecule has 0 spiro atoms. The normalized spacial score (nSPS) is 14.6. The van der Waals surface area contributed by atoms with Crippen molar-refractivity contribution in [1.82, 2.24) is 14.9 Å². The molecule has 190 valence electrons. The molecule has 1 aliphatic heterocycles. The van der Waals surface area contributed by atoms with Crippen LogP contribution in [-0.2, 0) is 12.7 Å². The maximum absolute atomic E-state index is 13.6. The average molecular weight is 520 g/mol. The van der Waals surface area contributed by atoms with E-state index in [1.165, 1.54) is 0 Å². The quantitative estimate of drug-likeness (QED) is 0.278. The van der Waals surface area contributed by atoms with Gasteiger partial charge in [0.15, 0.2) is 5.69 Å². The first kappa shape index (κ1) is 25.5. The van der Waals surface area contributed by atoms with Crippen LogP contribution in [0.4, 0.5) is 36.3 Å². The Bertz CT molecular complexity index is 1230. The molecule has 12 heteroatoms. The van der Waals surface area contributed by atoms with E-state index in [4.69, 9.17) is 22.1 Å². The van der Waals surface area contributed by atoms with Crippen LogP contribution < -0.4 is 21.1 Å². The average Bonchev–Trinajstić information content (AvgIpc) is 3.33. The van der Waals surface area contributed by atoms with Crippen molar-refractivity contribution in [2.24, 2.45) is 10.7 Å². The van der Waals surface area contributed by atoms with Gasteiger partial charge < -0.3 is 21.1 Å². The lowest BCUT2D eigenvalue weighted by Crippen LogP contribution is -2.22. The number of benzene rings is 2. The molecule has 0 aliphatic carbocycles. The molecule has 0 saturated carbocycles. The fourth-order valence-electron chi connectivity index (χ4n) is 3.82. The zero-order chi connectivity index (χ0) is 25.7. The Labute approximate surface area is 211 Å². The Morgan fingerprint density at radius 1 is 1.08 bits per heavy atom. The molecular weight excluding hydrogens is 495 g/mol. The number of nitrogens with one attached hydrogen (secondary N) is 2. The molecule has 36 heavy (non-hydrogen) atoms. The van der Waals surface area contributed by atoms with Crippen molar-refractivity contribution in [3.05, 3.63) is 64.8 Å². The molecule has 3 aromatic rings. The van der Waals surface area contributed by atoms with Crippen molar-refractivity contribution >= 4 is 40.7 Å². The maximum atomic E-state index is 13.6. The lowest BCUT2D eigenvalue weighted by molar-refractivity contribution is -0.141. The molecule has 0 atom stereocenters. The number of aromatic nitrogens is 2. The number of hydrogen-bond acceptors (Lipinski definition) is 6. The highest BCUT2D eigenvalue weighted by atomic mass is 35.5. The third kappa shape index (κ3) is 6.76. The monoisotopic (exact) mass is 519 g/mol. The number of anilines is 3. The molecule has 0 unspecified atom stereocenters. The number of nitrogens with two attached hydrogens (primary N) is 1. The van der Waals surface area contributed by atoms with Crippen molar-refractivity contribution in [1.29, 1.82) is 0 Å². The fraction of sp³-hybridized carbons (Fsp3) is 0.292. The number of alkyl halides is 3. The molecule has 4 rings (SSSR count). The van der Waals surface area contributed by atoms with Gasteiger partial charge in [0.2, 0.25) is 5.96 Å². The Morgan fingerprint density at radius 2 is 1.78 bits per heavy atom. The number of likely N-dealkylation sites (tertiary alicyclic amines) is 1. The van der Waals surface area contributed by atoms with Crippen molar-refractivity contribution in [3.63, 3.8) is 0 Å². The molecule has 0 bridgehead atoms. The van der Waals surface area contributed by atoms with Crippen LogP contribution in [0.25, 0.3) is 0 Å². The van der Waals surface area contributed by atoms with Crippen LogP contribution >= 0.6 is 11.6 Å². The van der Waals surface area contributed by atoms with Crippen LogP contribution in [0.2, 0.25) is 5.02 Å². The summed E-state index contributed by atoms with van der Waals surface area (Å²) >= 11 is 5.86. The highest BCUT2D eigenvalue weighted by Crippen LogP contribution is 2.32. The molecule has 1 aromatic heterocycles. The van der Waals surface area contributed by atoms with Gasteiger partial charge in [-0.05, 0) is 68.4 Å². The van der Waals surface area contributed by atoms with Crippen LogP contribution in [0.5, 0.6) is 5.75 Å². The van der Waals surface area contributed by atoms with Gasteiger partial charge in [-0.3, -0.25) is 4.90 Å². The summed E-state index contributed by atoms with van der Waals surface area (Å²) in [5.74, 6) is 0.00199. The minimum atomic E-state index is -4.71. The zero-order valence-corrected chi connectivity index (χ0v) is 20.2. The van der Waals surface area contributed by atoms with E-state index in [1.54, 1.807) is 43.5 Å². The molecule has 4 N–H and O–H groups in total. The van der Waals surface area contributed by atoms with Crippen LogP contribution in [-0.4, -0.2) is 41.0 Å². The summed E-state index contributed by atoms with van der Waals surface area (Å²) in [7, 11) is 1.59. The van der Waals surface area contributed by atoms with E-state index in [1.807, 2.05) is 6.07 Å². The third-order valence-electron chi connectivity index (χ3n) is 5.49. The second-order valence-corrected chi connectivity index (χ2v) is 8.64. The third-order valence-corrected chi connectivity index (χ3v) is 5.74. The Morgan fingerprint density at radius 3 is 2.44 bits per heavy atom. The summed E-state index contributed by atoms with van der Waals surface area (Å²) in [5, 5.41) is 6.22. The van der Waals surface area contributed by atoms with Gasteiger partial charge in [0.05, 0.1) is 7.11 Å². The van der Waals surface area contributed by atoms with Crippen molar-refractivity contribution < 1.29 is 17.9 Å². The molecule has 1 aliphatic rings. The number of rotatable bonds is 7. The standard InChI is InChI=1S/C24H25ClF3N7O/c1-36-19-9-8-18(12-15(19)14-35-10-2-3-11-35)30-21-13-20(24(26,27)28)32-23(33-21)34-22(29)31-17-6-4-16(25)5-7-17/h4-9,12-13H,2-3,10-11,14H2,1H3,(H4,29,30,31,32,33,34). The summed E-state index contributed by atoms with van der Waals surface area (Å²) in [5.41, 5.74) is 6.75. The first-order chi connectivity index (χ1) is 17.2. The number of guanidine groups is 1. The van der Waals surface area contributed by atoms with E-state index >= 15 is 0 Å². The largest absolute Gasteiger partial charge is 0.496 e. The van der Waals surface area contributed by atoms with Gasteiger partial charge in [-0.15, -0.1) is 0 Å².